The Bertz CT molecular complexity index is 1320. The zero-order chi connectivity index (χ0) is 24.6. The second-order valence-electron chi connectivity index (χ2n) is 7.55. The number of hydrogen-bond acceptors (Lipinski definition) is 7. The summed E-state index contributed by atoms with van der Waals surface area (Å²) in [5.41, 5.74) is 6.30. The number of benzene rings is 2. The Morgan fingerprint density at radius 1 is 1.21 bits per heavy atom. The van der Waals surface area contributed by atoms with Crippen molar-refractivity contribution in [1.29, 1.82) is 0 Å². The quantitative estimate of drug-likeness (QED) is 0.382. The van der Waals surface area contributed by atoms with E-state index in [0.717, 1.165) is 0 Å². The molecular formula is C23H20FN3O7. The number of esters is 1. The molecule has 0 saturated carbocycles. The number of methoxy groups -OCH3 is 1. The Labute approximate surface area is 192 Å². The average molecular weight is 469 g/mol. The first-order valence-electron chi connectivity index (χ1n) is 10.2. The molecule has 1 aliphatic rings. The predicted molar refractivity (Wildman–Crippen MR) is 116 cm³/mol. The van der Waals surface area contributed by atoms with Crippen molar-refractivity contribution < 1.29 is 37.5 Å². The van der Waals surface area contributed by atoms with E-state index in [2.05, 4.69) is 15.4 Å². The van der Waals surface area contributed by atoms with Gasteiger partial charge in [-0.15, -0.1) is 0 Å². The van der Waals surface area contributed by atoms with Crippen LogP contribution in [0.3, 0.4) is 0 Å². The number of fused-ring (bicyclic) bond motifs is 1. The van der Waals surface area contributed by atoms with Crippen LogP contribution in [-0.4, -0.2) is 44.6 Å². The summed E-state index contributed by atoms with van der Waals surface area (Å²) < 4.78 is 29.4. The van der Waals surface area contributed by atoms with Crippen LogP contribution >= 0.6 is 0 Å². The lowest BCUT2D eigenvalue weighted by molar-refractivity contribution is -0.145. The highest BCUT2D eigenvalue weighted by Crippen LogP contribution is 2.42. The summed E-state index contributed by atoms with van der Waals surface area (Å²) >= 11 is 0. The smallest absolute Gasteiger partial charge is 0.412 e. The third-order valence-electron chi connectivity index (χ3n) is 5.64. The Morgan fingerprint density at radius 2 is 1.91 bits per heavy atom. The number of nitrogens with two attached hydrogens (primary N) is 1. The first-order valence-corrected chi connectivity index (χ1v) is 10.2. The minimum absolute atomic E-state index is 0.0626. The van der Waals surface area contributed by atoms with Crippen molar-refractivity contribution in [3.63, 3.8) is 0 Å². The third-order valence-corrected chi connectivity index (χ3v) is 5.64. The van der Waals surface area contributed by atoms with E-state index >= 15 is 0 Å². The second-order valence-corrected chi connectivity index (χ2v) is 7.55. The molecule has 176 valence electrons. The molecule has 1 saturated heterocycles. The topological polar surface area (TPSA) is 150 Å². The van der Waals surface area contributed by atoms with Crippen LogP contribution in [0.5, 0.6) is 5.75 Å². The van der Waals surface area contributed by atoms with Crippen LogP contribution in [-0.2, 0) is 14.3 Å². The van der Waals surface area contributed by atoms with E-state index < -0.39 is 41.5 Å². The van der Waals surface area contributed by atoms with Crippen molar-refractivity contribution in [3.8, 4) is 17.1 Å². The Hall–Kier alpha value is -4.41. The zero-order valence-electron chi connectivity index (χ0n) is 18.1. The summed E-state index contributed by atoms with van der Waals surface area (Å²) in [6.07, 6.45) is -1.32. The van der Waals surface area contributed by atoms with E-state index in [1.54, 1.807) is 12.1 Å². The number of carbonyl (C=O) groups excluding carboxylic acids is 4. The van der Waals surface area contributed by atoms with E-state index in [0.29, 0.717) is 16.5 Å². The van der Waals surface area contributed by atoms with Gasteiger partial charge in [-0.3, -0.25) is 14.4 Å². The maximum Gasteiger partial charge on any atom is 0.412 e. The minimum Gasteiger partial charge on any atom is -0.496 e. The third kappa shape index (κ3) is 3.91. The number of hydrogen-bond donors (Lipinski definition) is 3. The summed E-state index contributed by atoms with van der Waals surface area (Å²) in [6.45, 7) is 0.0626. The van der Waals surface area contributed by atoms with Gasteiger partial charge in [0.15, 0.2) is 0 Å². The summed E-state index contributed by atoms with van der Waals surface area (Å²) in [4.78, 5) is 48.5. The molecule has 0 radical (unpaired) electrons. The number of nitrogens with one attached hydrogen (secondary N) is 2. The van der Waals surface area contributed by atoms with Crippen LogP contribution < -0.4 is 21.1 Å². The van der Waals surface area contributed by atoms with Crippen molar-refractivity contribution >= 4 is 34.8 Å². The molecule has 0 bridgehead atoms. The molecule has 1 aromatic heterocycles. The SMILES string of the molecule is CNC(=O)c1c(-c2ccc(F)cc2)oc2cc(C3CNC(=O)C3C(=O)OC(N)=O)c(OC)cc12. The van der Waals surface area contributed by atoms with Gasteiger partial charge in [-0.05, 0) is 36.4 Å². The molecule has 10 nitrogen and oxygen atoms in total. The molecule has 0 spiro atoms. The maximum atomic E-state index is 13.4. The van der Waals surface area contributed by atoms with Gasteiger partial charge in [-0.25, -0.2) is 9.18 Å². The van der Waals surface area contributed by atoms with Gasteiger partial charge in [-0.2, -0.15) is 0 Å². The van der Waals surface area contributed by atoms with Crippen LogP contribution in [0.4, 0.5) is 9.18 Å². The van der Waals surface area contributed by atoms with Gasteiger partial charge in [-0.1, -0.05) is 0 Å². The largest absolute Gasteiger partial charge is 0.496 e. The van der Waals surface area contributed by atoms with E-state index in [9.17, 15) is 23.6 Å². The molecule has 1 aliphatic heterocycles. The summed E-state index contributed by atoms with van der Waals surface area (Å²) in [5, 5.41) is 5.54. The molecule has 4 N–H and O–H groups in total. The normalized spacial score (nSPS) is 17.3. The molecule has 2 atom stereocenters. The maximum absolute atomic E-state index is 13.4. The van der Waals surface area contributed by atoms with Gasteiger partial charge in [0.05, 0.1) is 12.7 Å². The molecule has 4 rings (SSSR count). The Kier molecular flexibility index (Phi) is 5.93. The van der Waals surface area contributed by atoms with Gasteiger partial charge in [0.25, 0.3) is 5.91 Å². The monoisotopic (exact) mass is 469 g/mol. The lowest BCUT2D eigenvalue weighted by atomic mass is 9.87. The lowest BCUT2D eigenvalue weighted by Crippen LogP contribution is -2.32. The van der Waals surface area contributed by atoms with E-state index in [1.165, 1.54) is 38.4 Å². The molecule has 2 heterocycles. The molecular weight excluding hydrogens is 449 g/mol. The van der Waals surface area contributed by atoms with Crippen LogP contribution in [0.15, 0.2) is 40.8 Å². The number of halogens is 1. The standard InChI is InChI=1S/C23H20FN3O7/c1-26-20(28)17-13-8-15(32-2)12(14-9-27-21(29)18(14)22(30)34-23(25)31)7-16(13)33-19(17)10-3-5-11(24)6-4-10/h3-8,14,18H,9H2,1-2H3,(H2,25,31)(H,26,28)(H,27,29). The fraction of sp³-hybridized carbons (Fsp3) is 0.217. The molecule has 2 unspecified atom stereocenters. The number of carbonyl (C=O) groups is 4. The highest BCUT2D eigenvalue weighted by atomic mass is 19.1. The first kappa shape index (κ1) is 22.8. The van der Waals surface area contributed by atoms with E-state index in [4.69, 9.17) is 14.9 Å². The van der Waals surface area contributed by atoms with E-state index in [1.807, 2.05) is 0 Å². The van der Waals surface area contributed by atoms with Crippen LogP contribution in [0, 0.1) is 11.7 Å². The summed E-state index contributed by atoms with van der Waals surface area (Å²) in [5.74, 6) is -4.22. The highest BCUT2D eigenvalue weighted by molar-refractivity contribution is 6.11. The molecule has 2 aromatic carbocycles. The lowest BCUT2D eigenvalue weighted by Gasteiger charge is -2.18. The average Bonchev–Trinajstić information content (AvgIpc) is 3.37. The molecule has 0 aliphatic carbocycles. The van der Waals surface area contributed by atoms with Gasteiger partial charge in [0, 0.05) is 36.0 Å². The van der Waals surface area contributed by atoms with Gasteiger partial charge < -0.3 is 30.3 Å². The van der Waals surface area contributed by atoms with Crippen molar-refractivity contribution in [1.82, 2.24) is 10.6 Å². The number of rotatable bonds is 5. The summed E-state index contributed by atoms with van der Waals surface area (Å²) in [6, 6.07) is 8.56. The van der Waals surface area contributed by atoms with E-state index in [-0.39, 0.29) is 29.2 Å². The number of amides is 3. The molecule has 3 aromatic rings. The van der Waals surface area contributed by atoms with Gasteiger partial charge in [0.1, 0.15) is 28.8 Å². The highest BCUT2D eigenvalue weighted by Gasteiger charge is 2.44. The fourth-order valence-corrected chi connectivity index (χ4v) is 4.10. The van der Waals surface area contributed by atoms with Crippen molar-refractivity contribution in [2.24, 2.45) is 11.7 Å². The summed E-state index contributed by atoms with van der Waals surface area (Å²) in [7, 11) is 2.86. The Morgan fingerprint density at radius 3 is 2.53 bits per heavy atom. The first-order chi connectivity index (χ1) is 16.2. The minimum atomic E-state index is -1.34. The van der Waals surface area contributed by atoms with Crippen molar-refractivity contribution in [2.75, 3.05) is 20.7 Å². The van der Waals surface area contributed by atoms with Gasteiger partial charge in [0.2, 0.25) is 5.91 Å². The van der Waals surface area contributed by atoms with Crippen molar-refractivity contribution in [2.45, 2.75) is 5.92 Å². The zero-order valence-corrected chi connectivity index (χ0v) is 18.1. The molecule has 3 amide bonds. The van der Waals surface area contributed by atoms with Gasteiger partial charge >= 0.3 is 12.1 Å². The molecule has 1 fully saturated rings. The molecule has 34 heavy (non-hydrogen) atoms. The predicted octanol–water partition coefficient (Wildman–Crippen LogP) is 2.06. The fourth-order valence-electron chi connectivity index (χ4n) is 4.10. The van der Waals surface area contributed by atoms with Crippen molar-refractivity contribution in [3.05, 3.63) is 53.3 Å². The number of primary amides is 1. The number of ether oxygens (including phenoxy) is 2. The molecule has 11 heteroatoms. The Balaban J connectivity index is 1.89. The number of furan rings is 1. The van der Waals surface area contributed by atoms with Crippen LogP contribution in [0.2, 0.25) is 0 Å². The second kappa shape index (κ2) is 8.85. The van der Waals surface area contributed by atoms with Crippen LogP contribution in [0.1, 0.15) is 21.8 Å². The van der Waals surface area contributed by atoms with Crippen LogP contribution in [0.25, 0.3) is 22.3 Å².